The van der Waals surface area contributed by atoms with Crippen molar-refractivity contribution < 1.29 is 5.11 Å². The molecule has 0 radical (unpaired) electrons. The second-order valence-corrected chi connectivity index (χ2v) is 5.12. The number of para-hydroxylation sites is 1. The third kappa shape index (κ3) is 1.89. The average Bonchev–Trinajstić information content (AvgIpc) is 2.67. The van der Waals surface area contributed by atoms with Crippen LogP contribution in [-0.2, 0) is 13.1 Å². The Balaban J connectivity index is 1.93. The van der Waals surface area contributed by atoms with E-state index >= 15 is 0 Å². The number of aromatic nitrogens is 1. The van der Waals surface area contributed by atoms with Gasteiger partial charge in [-0.3, -0.25) is 0 Å². The largest absolute Gasteiger partial charge is 0.506 e. The fraction of sp³-hybridized carbons (Fsp3) is 0.467. The summed E-state index contributed by atoms with van der Waals surface area (Å²) in [6.07, 6.45) is 6.13. The van der Waals surface area contributed by atoms with Crippen molar-refractivity contribution in [2.24, 2.45) is 0 Å². The fourth-order valence-corrected chi connectivity index (χ4v) is 2.67. The van der Waals surface area contributed by atoms with Crippen LogP contribution < -0.4 is 5.32 Å². The van der Waals surface area contributed by atoms with Crippen molar-refractivity contribution in [3.05, 3.63) is 30.0 Å². The van der Waals surface area contributed by atoms with Gasteiger partial charge in [-0.15, -0.1) is 0 Å². The summed E-state index contributed by atoms with van der Waals surface area (Å²) < 4.78 is 2.13. The molecule has 1 fully saturated rings. The number of nitrogens with one attached hydrogen (secondary N) is 1. The molecule has 0 atom stereocenters. The minimum atomic E-state index is 0.379. The maximum Gasteiger partial charge on any atom is 0.139 e. The van der Waals surface area contributed by atoms with Crippen molar-refractivity contribution in [3.8, 4) is 5.75 Å². The number of rotatable bonds is 4. The van der Waals surface area contributed by atoms with Crippen LogP contribution in [0.4, 0.5) is 0 Å². The minimum absolute atomic E-state index is 0.379. The smallest absolute Gasteiger partial charge is 0.139 e. The maximum atomic E-state index is 9.99. The first-order chi connectivity index (χ1) is 8.79. The quantitative estimate of drug-likeness (QED) is 0.867. The molecule has 2 N–H and O–H groups in total. The first kappa shape index (κ1) is 11.6. The van der Waals surface area contributed by atoms with E-state index in [2.05, 4.69) is 29.1 Å². The molecule has 3 nitrogen and oxygen atoms in total. The Morgan fingerprint density at radius 1 is 1.39 bits per heavy atom. The van der Waals surface area contributed by atoms with Crippen LogP contribution in [0.15, 0.2) is 24.4 Å². The van der Waals surface area contributed by atoms with Crippen LogP contribution in [0.25, 0.3) is 10.9 Å². The number of fused-ring (bicyclic) bond motifs is 1. The van der Waals surface area contributed by atoms with Gasteiger partial charge in [-0.1, -0.05) is 18.6 Å². The zero-order valence-corrected chi connectivity index (χ0v) is 10.8. The van der Waals surface area contributed by atoms with Crippen LogP contribution in [0.5, 0.6) is 5.75 Å². The molecule has 3 heteroatoms. The Bertz CT molecular complexity index is 555. The van der Waals surface area contributed by atoms with Crippen molar-refractivity contribution in [3.63, 3.8) is 0 Å². The van der Waals surface area contributed by atoms with Gasteiger partial charge in [0.1, 0.15) is 5.75 Å². The molecule has 0 spiro atoms. The molecule has 1 saturated carbocycles. The van der Waals surface area contributed by atoms with E-state index < -0.39 is 0 Å². The molecule has 1 aromatic heterocycles. The lowest BCUT2D eigenvalue weighted by atomic mass is 9.93. The molecule has 0 saturated heterocycles. The summed E-state index contributed by atoms with van der Waals surface area (Å²) in [5, 5.41) is 14.7. The molecule has 1 heterocycles. The zero-order chi connectivity index (χ0) is 12.5. The second kappa shape index (κ2) is 4.65. The lowest BCUT2D eigenvalue weighted by Gasteiger charge is -2.26. The van der Waals surface area contributed by atoms with Crippen molar-refractivity contribution in [1.82, 2.24) is 9.88 Å². The van der Waals surface area contributed by atoms with E-state index in [1.807, 2.05) is 6.07 Å². The Kier molecular flexibility index (Phi) is 3.00. The van der Waals surface area contributed by atoms with E-state index in [1.165, 1.54) is 30.2 Å². The van der Waals surface area contributed by atoms with Gasteiger partial charge < -0.3 is 15.0 Å². The van der Waals surface area contributed by atoms with Gasteiger partial charge in [0, 0.05) is 30.7 Å². The van der Waals surface area contributed by atoms with E-state index in [-0.39, 0.29) is 0 Å². The fourth-order valence-electron chi connectivity index (χ4n) is 2.67. The average molecular weight is 244 g/mol. The number of nitrogens with zero attached hydrogens (tertiary/aromatic N) is 1. The molecule has 0 aliphatic heterocycles. The number of benzene rings is 1. The normalized spacial score (nSPS) is 16.1. The highest BCUT2D eigenvalue weighted by molar-refractivity contribution is 5.88. The van der Waals surface area contributed by atoms with Gasteiger partial charge in [0.05, 0.1) is 5.52 Å². The molecule has 0 unspecified atom stereocenters. The molecular formula is C15H20N2O. The molecule has 1 aromatic carbocycles. The molecule has 0 bridgehead atoms. The number of phenols is 1. The van der Waals surface area contributed by atoms with Gasteiger partial charge >= 0.3 is 0 Å². The van der Waals surface area contributed by atoms with E-state index in [4.69, 9.17) is 0 Å². The number of aryl methyl sites for hydroxylation is 1. The predicted octanol–water partition coefficient (Wildman–Crippen LogP) is 3.01. The molecule has 18 heavy (non-hydrogen) atoms. The Hall–Kier alpha value is -1.48. The number of hydrogen-bond donors (Lipinski definition) is 2. The van der Waals surface area contributed by atoms with Crippen molar-refractivity contribution in [2.45, 2.75) is 45.3 Å². The number of hydrogen-bond acceptors (Lipinski definition) is 2. The van der Waals surface area contributed by atoms with Crippen LogP contribution in [0.3, 0.4) is 0 Å². The maximum absolute atomic E-state index is 9.99. The predicted molar refractivity (Wildman–Crippen MR) is 73.8 cm³/mol. The van der Waals surface area contributed by atoms with Gasteiger partial charge in [-0.05, 0) is 31.4 Å². The summed E-state index contributed by atoms with van der Waals surface area (Å²) in [7, 11) is 0. The third-order valence-corrected chi connectivity index (χ3v) is 3.99. The molecule has 1 aliphatic carbocycles. The van der Waals surface area contributed by atoms with Crippen LogP contribution in [0, 0.1) is 0 Å². The van der Waals surface area contributed by atoms with Gasteiger partial charge in [0.15, 0.2) is 0 Å². The summed E-state index contributed by atoms with van der Waals surface area (Å²) in [5.74, 6) is 0.379. The number of phenolic OH excluding ortho intramolecular Hbond substituents is 1. The first-order valence-electron chi connectivity index (χ1n) is 6.82. The Morgan fingerprint density at radius 3 is 2.89 bits per heavy atom. The van der Waals surface area contributed by atoms with Gasteiger partial charge in [0.2, 0.25) is 0 Å². The summed E-state index contributed by atoms with van der Waals surface area (Å²) in [4.78, 5) is 0. The lowest BCUT2D eigenvalue weighted by Crippen LogP contribution is -2.34. The minimum Gasteiger partial charge on any atom is -0.506 e. The highest BCUT2D eigenvalue weighted by Crippen LogP contribution is 2.29. The molecule has 3 rings (SSSR count). The monoisotopic (exact) mass is 244 g/mol. The highest BCUT2D eigenvalue weighted by atomic mass is 16.3. The van der Waals surface area contributed by atoms with E-state index in [9.17, 15) is 5.11 Å². The first-order valence-corrected chi connectivity index (χ1v) is 6.82. The standard InChI is InChI=1S/C15H20N2O/c1-2-17-10-11(9-16-12-5-3-6-12)13-7-4-8-14(18)15(13)17/h4,7-8,10,12,16,18H,2-3,5-6,9H2,1H3. The van der Waals surface area contributed by atoms with Crippen LogP contribution >= 0.6 is 0 Å². The van der Waals surface area contributed by atoms with Gasteiger partial charge in [0.25, 0.3) is 0 Å². The lowest BCUT2D eigenvalue weighted by molar-refractivity contribution is 0.338. The summed E-state index contributed by atoms with van der Waals surface area (Å²) in [5.41, 5.74) is 2.25. The van der Waals surface area contributed by atoms with E-state index in [1.54, 1.807) is 6.07 Å². The number of aromatic hydroxyl groups is 1. The zero-order valence-electron chi connectivity index (χ0n) is 10.8. The third-order valence-electron chi connectivity index (χ3n) is 3.99. The molecule has 1 aliphatic rings. The van der Waals surface area contributed by atoms with Crippen LogP contribution in [0.2, 0.25) is 0 Å². The Labute approximate surface area is 107 Å². The molecular weight excluding hydrogens is 224 g/mol. The Morgan fingerprint density at radius 2 is 2.22 bits per heavy atom. The summed E-state index contributed by atoms with van der Waals surface area (Å²) >= 11 is 0. The second-order valence-electron chi connectivity index (χ2n) is 5.12. The molecule has 96 valence electrons. The van der Waals surface area contributed by atoms with Gasteiger partial charge in [-0.2, -0.15) is 0 Å². The van der Waals surface area contributed by atoms with Crippen molar-refractivity contribution in [2.75, 3.05) is 0 Å². The van der Waals surface area contributed by atoms with Crippen LogP contribution in [0.1, 0.15) is 31.7 Å². The summed E-state index contributed by atoms with van der Waals surface area (Å²) in [6.45, 7) is 3.89. The molecule has 2 aromatic rings. The topological polar surface area (TPSA) is 37.2 Å². The summed E-state index contributed by atoms with van der Waals surface area (Å²) in [6, 6.07) is 6.48. The SMILES string of the molecule is CCn1cc(CNC2CCC2)c2cccc(O)c21. The van der Waals surface area contributed by atoms with Crippen molar-refractivity contribution in [1.29, 1.82) is 0 Å². The van der Waals surface area contributed by atoms with E-state index in [0.29, 0.717) is 11.8 Å². The molecule has 0 amide bonds. The van der Waals surface area contributed by atoms with Crippen LogP contribution in [-0.4, -0.2) is 15.7 Å². The van der Waals surface area contributed by atoms with Crippen molar-refractivity contribution >= 4 is 10.9 Å². The van der Waals surface area contributed by atoms with Gasteiger partial charge in [-0.25, -0.2) is 0 Å². The van der Waals surface area contributed by atoms with E-state index in [0.717, 1.165) is 18.6 Å². The highest BCUT2D eigenvalue weighted by Gasteiger charge is 2.17.